The summed E-state index contributed by atoms with van der Waals surface area (Å²) in [7, 11) is 0. The Balaban J connectivity index is 1.74. The molecule has 5 nitrogen and oxygen atoms in total. The van der Waals surface area contributed by atoms with E-state index in [-0.39, 0.29) is 18.7 Å². The van der Waals surface area contributed by atoms with Crippen molar-refractivity contribution in [2.24, 2.45) is 5.92 Å². The number of carbonyl (C=O) groups is 1. The normalized spacial score (nSPS) is 24.6. The summed E-state index contributed by atoms with van der Waals surface area (Å²) >= 11 is 1.48. The van der Waals surface area contributed by atoms with Gasteiger partial charge in [-0.25, -0.2) is 4.79 Å². The van der Waals surface area contributed by atoms with Crippen LogP contribution in [0.25, 0.3) is 10.1 Å². The van der Waals surface area contributed by atoms with Crippen molar-refractivity contribution in [2.75, 3.05) is 25.1 Å². The molecule has 1 fully saturated rings. The van der Waals surface area contributed by atoms with Crippen LogP contribution < -0.4 is 5.32 Å². The minimum Gasteiger partial charge on any atom is -0.462 e. The van der Waals surface area contributed by atoms with E-state index < -0.39 is 0 Å². The summed E-state index contributed by atoms with van der Waals surface area (Å²) in [6, 6.07) is 6.43. The molecule has 4 rings (SSSR count). The number of ether oxygens (including phenoxy) is 2. The predicted molar refractivity (Wildman–Crippen MR) is 98.3 cm³/mol. The summed E-state index contributed by atoms with van der Waals surface area (Å²) in [5.74, 6) is 0.154. The van der Waals surface area contributed by atoms with Crippen molar-refractivity contribution in [2.45, 2.75) is 38.3 Å². The number of hydrogen-bond donors (Lipinski definition) is 2. The number of hydrogen-bond acceptors (Lipinski definition) is 6. The van der Waals surface area contributed by atoms with Gasteiger partial charge in [-0.05, 0) is 44.4 Å². The lowest BCUT2D eigenvalue weighted by atomic mass is 9.81. The molecular weight excluding hydrogens is 338 g/mol. The van der Waals surface area contributed by atoms with Gasteiger partial charge in [0, 0.05) is 46.5 Å². The van der Waals surface area contributed by atoms with Crippen LogP contribution in [0.1, 0.15) is 47.5 Å². The zero-order valence-electron chi connectivity index (χ0n) is 14.3. The Hall–Kier alpha value is -1.63. The van der Waals surface area contributed by atoms with Gasteiger partial charge in [-0.15, -0.1) is 11.3 Å². The lowest BCUT2D eigenvalue weighted by molar-refractivity contribution is 0.0532. The number of rotatable bonds is 5. The highest BCUT2D eigenvalue weighted by molar-refractivity contribution is 7.20. The second kappa shape index (κ2) is 6.94. The number of esters is 1. The fourth-order valence-corrected chi connectivity index (χ4v) is 5.06. The highest BCUT2D eigenvalue weighted by atomic mass is 32.1. The monoisotopic (exact) mass is 361 g/mol. The lowest BCUT2D eigenvalue weighted by Gasteiger charge is -2.36. The Morgan fingerprint density at radius 3 is 3.16 bits per heavy atom. The fraction of sp³-hybridized carbons (Fsp3) is 0.526. The smallest absolute Gasteiger partial charge is 0.348 e. The van der Waals surface area contributed by atoms with E-state index in [0.717, 1.165) is 41.6 Å². The first-order valence-electron chi connectivity index (χ1n) is 8.95. The van der Waals surface area contributed by atoms with Crippen LogP contribution >= 0.6 is 11.3 Å². The van der Waals surface area contributed by atoms with Crippen molar-refractivity contribution in [3.05, 3.63) is 28.6 Å². The van der Waals surface area contributed by atoms with E-state index in [1.807, 2.05) is 13.0 Å². The van der Waals surface area contributed by atoms with Crippen LogP contribution in [0.5, 0.6) is 0 Å². The van der Waals surface area contributed by atoms with Crippen LogP contribution in [-0.4, -0.2) is 36.9 Å². The molecule has 0 amide bonds. The third kappa shape index (κ3) is 2.92. The van der Waals surface area contributed by atoms with Crippen molar-refractivity contribution in [3.8, 4) is 0 Å². The van der Waals surface area contributed by atoms with Crippen molar-refractivity contribution < 1.29 is 19.4 Å². The van der Waals surface area contributed by atoms with E-state index in [0.29, 0.717) is 23.4 Å². The van der Waals surface area contributed by atoms with Gasteiger partial charge >= 0.3 is 5.97 Å². The van der Waals surface area contributed by atoms with Crippen molar-refractivity contribution in [3.63, 3.8) is 0 Å². The SMILES string of the molecule is CCOC(=O)c1cc2c3c(ccc2s1)NC(CCCO)C1CCOC31. The molecule has 3 atom stereocenters. The van der Waals surface area contributed by atoms with Crippen LogP contribution in [0, 0.1) is 5.92 Å². The summed E-state index contributed by atoms with van der Waals surface area (Å²) < 4.78 is 12.3. The van der Waals surface area contributed by atoms with E-state index in [9.17, 15) is 9.90 Å². The Morgan fingerprint density at radius 2 is 2.36 bits per heavy atom. The van der Waals surface area contributed by atoms with Crippen LogP contribution in [0.15, 0.2) is 18.2 Å². The Bertz CT molecular complexity index is 787. The number of carbonyl (C=O) groups excluding carboxylic acids is 1. The summed E-state index contributed by atoms with van der Waals surface area (Å²) in [6.45, 7) is 3.18. The van der Waals surface area contributed by atoms with E-state index in [4.69, 9.17) is 9.47 Å². The molecule has 0 bridgehead atoms. The second-order valence-electron chi connectivity index (χ2n) is 6.63. The van der Waals surface area contributed by atoms with Gasteiger partial charge in [0.1, 0.15) is 4.88 Å². The van der Waals surface area contributed by atoms with Crippen LogP contribution in [0.3, 0.4) is 0 Å². The first-order chi connectivity index (χ1) is 12.2. The van der Waals surface area contributed by atoms with E-state index in [2.05, 4.69) is 17.4 Å². The molecule has 2 aromatic rings. The number of anilines is 1. The van der Waals surface area contributed by atoms with Gasteiger partial charge in [0.2, 0.25) is 0 Å². The maximum absolute atomic E-state index is 12.1. The van der Waals surface area contributed by atoms with Gasteiger partial charge < -0.3 is 19.9 Å². The van der Waals surface area contributed by atoms with Gasteiger partial charge in [-0.3, -0.25) is 0 Å². The molecule has 2 aliphatic rings. The number of thiophene rings is 1. The summed E-state index contributed by atoms with van der Waals surface area (Å²) in [5, 5.41) is 13.9. The molecule has 1 saturated heterocycles. The predicted octanol–water partition coefficient (Wildman–Crippen LogP) is 3.72. The fourth-order valence-electron chi connectivity index (χ4n) is 4.09. The van der Waals surface area contributed by atoms with Gasteiger partial charge in [-0.2, -0.15) is 0 Å². The molecule has 6 heteroatoms. The number of aliphatic hydroxyl groups excluding tert-OH is 1. The summed E-state index contributed by atoms with van der Waals surface area (Å²) in [4.78, 5) is 12.7. The Labute approximate surface area is 150 Å². The van der Waals surface area contributed by atoms with Gasteiger partial charge in [0.15, 0.2) is 0 Å². The molecule has 0 saturated carbocycles. The van der Waals surface area contributed by atoms with Crippen molar-refractivity contribution >= 4 is 33.1 Å². The zero-order chi connectivity index (χ0) is 17.4. The topological polar surface area (TPSA) is 67.8 Å². The van der Waals surface area contributed by atoms with Gasteiger partial charge in [-0.1, -0.05) is 0 Å². The van der Waals surface area contributed by atoms with Gasteiger partial charge in [0.05, 0.1) is 12.7 Å². The van der Waals surface area contributed by atoms with Crippen LogP contribution in [0.2, 0.25) is 0 Å². The molecule has 2 aliphatic heterocycles. The minimum atomic E-state index is -0.258. The highest BCUT2D eigenvalue weighted by Gasteiger charge is 2.41. The van der Waals surface area contributed by atoms with E-state index in [1.165, 1.54) is 16.9 Å². The van der Waals surface area contributed by atoms with E-state index in [1.54, 1.807) is 0 Å². The summed E-state index contributed by atoms with van der Waals surface area (Å²) in [5.41, 5.74) is 2.26. The first-order valence-corrected chi connectivity index (χ1v) is 9.77. The van der Waals surface area contributed by atoms with Crippen LogP contribution in [0.4, 0.5) is 5.69 Å². The quantitative estimate of drug-likeness (QED) is 0.795. The molecule has 0 spiro atoms. The molecule has 25 heavy (non-hydrogen) atoms. The molecule has 134 valence electrons. The number of aliphatic hydroxyl groups is 1. The largest absolute Gasteiger partial charge is 0.462 e. The number of nitrogens with one attached hydrogen (secondary N) is 1. The molecule has 3 unspecified atom stereocenters. The highest BCUT2D eigenvalue weighted by Crippen LogP contribution is 2.49. The van der Waals surface area contributed by atoms with Crippen LogP contribution in [-0.2, 0) is 9.47 Å². The van der Waals surface area contributed by atoms with E-state index >= 15 is 0 Å². The third-order valence-corrected chi connectivity index (χ3v) is 6.25. The molecule has 1 aromatic carbocycles. The number of fused-ring (bicyclic) bond motifs is 5. The second-order valence-corrected chi connectivity index (χ2v) is 7.71. The summed E-state index contributed by atoms with van der Waals surface area (Å²) in [6.07, 6.45) is 2.83. The molecule has 2 N–H and O–H groups in total. The number of benzene rings is 1. The maximum atomic E-state index is 12.1. The molecular formula is C19H23NO4S. The Kier molecular flexibility index (Phi) is 4.67. The Morgan fingerprint density at radius 1 is 1.48 bits per heavy atom. The average Bonchev–Trinajstić information content (AvgIpc) is 3.26. The molecule has 3 heterocycles. The van der Waals surface area contributed by atoms with Crippen molar-refractivity contribution in [1.82, 2.24) is 0 Å². The minimum absolute atomic E-state index is 0.0632. The standard InChI is InChI=1S/C19H23NO4S/c1-2-23-19(22)16-10-12-15(25-16)6-5-14-17(12)18-11(7-9-24-18)13(20-14)4-3-8-21/h5-6,10-11,13,18,20-21H,2-4,7-9H2,1H3. The lowest BCUT2D eigenvalue weighted by Crippen LogP contribution is -2.36. The average molecular weight is 361 g/mol. The third-order valence-electron chi connectivity index (χ3n) is 5.17. The molecule has 0 radical (unpaired) electrons. The maximum Gasteiger partial charge on any atom is 0.348 e. The first kappa shape index (κ1) is 16.8. The molecule has 0 aliphatic carbocycles. The van der Waals surface area contributed by atoms with Gasteiger partial charge in [0.25, 0.3) is 0 Å². The zero-order valence-corrected chi connectivity index (χ0v) is 15.1. The molecule has 1 aromatic heterocycles. The van der Waals surface area contributed by atoms with Crippen molar-refractivity contribution in [1.29, 1.82) is 0 Å².